The molecule has 0 amide bonds. The van der Waals surface area contributed by atoms with Crippen molar-refractivity contribution in [2.45, 2.75) is 63.8 Å². The highest BCUT2D eigenvalue weighted by molar-refractivity contribution is 6.10. The molecule has 0 saturated heterocycles. The summed E-state index contributed by atoms with van der Waals surface area (Å²) in [6.45, 7) is 5.43. The first kappa shape index (κ1) is 33.3. The van der Waals surface area contributed by atoms with Crippen LogP contribution in [0.2, 0.25) is 0 Å². The molecular formula is C52H47N. The van der Waals surface area contributed by atoms with E-state index >= 15 is 0 Å². The Morgan fingerprint density at radius 3 is 2.32 bits per heavy atom. The van der Waals surface area contributed by atoms with Crippen molar-refractivity contribution in [1.82, 2.24) is 0 Å². The molecule has 1 nitrogen and oxygen atoms in total. The quantitative estimate of drug-likeness (QED) is 0.158. The van der Waals surface area contributed by atoms with Gasteiger partial charge in [0, 0.05) is 5.92 Å². The molecule has 53 heavy (non-hydrogen) atoms. The first-order valence-corrected chi connectivity index (χ1v) is 19.5. The smallest absolute Gasteiger partial charge is 0.0712 e. The molecule has 4 aliphatic rings. The fourth-order valence-electron chi connectivity index (χ4n) is 9.77. The normalized spacial score (nSPS) is 22.0. The van der Waals surface area contributed by atoms with Crippen LogP contribution in [-0.4, -0.2) is 5.71 Å². The van der Waals surface area contributed by atoms with E-state index in [0.29, 0.717) is 18.4 Å². The van der Waals surface area contributed by atoms with Crippen molar-refractivity contribution >= 4 is 11.8 Å². The number of allylic oxidation sites excluding steroid dienone is 9. The van der Waals surface area contributed by atoms with Crippen molar-refractivity contribution < 1.29 is 0 Å². The van der Waals surface area contributed by atoms with Gasteiger partial charge in [-0.05, 0) is 118 Å². The lowest BCUT2D eigenvalue weighted by molar-refractivity contribution is 0.505. The molecule has 0 N–H and O–H groups in total. The zero-order chi connectivity index (χ0) is 35.8. The Morgan fingerprint density at radius 2 is 1.47 bits per heavy atom. The Bertz CT molecular complexity index is 2360. The van der Waals surface area contributed by atoms with Crippen LogP contribution in [-0.2, 0) is 12.0 Å². The van der Waals surface area contributed by atoms with Crippen LogP contribution in [0.15, 0.2) is 185 Å². The molecule has 1 heteroatoms. The summed E-state index contributed by atoms with van der Waals surface area (Å²) in [5.41, 5.74) is 18.9. The second kappa shape index (κ2) is 14.1. The van der Waals surface area contributed by atoms with Gasteiger partial charge in [-0.1, -0.05) is 170 Å². The van der Waals surface area contributed by atoms with Gasteiger partial charge in [0.2, 0.25) is 0 Å². The van der Waals surface area contributed by atoms with E-state index in [4.69, 9.17) is 4.99 Å². The second-order valence-electron chi connectivity index (χ2n) is 15.4. The summed E-state index contributed by atoms with van der Waals surface area (Å²) in [4.78, 5) is 5.11. The van der Waals surface area contributed by atoms with Crippen molar-refractivity contribution in [3.63, 3.8) is 0 Å². The van der Waals surface area contributed by atoms with Crippen LogP contribution in [0, 0.1) is 12.8 Å². The highest BCUT2D eigenvalue weighted by atomic mass is 14.7. The molecule has 0 bridgehead atoms. The largest absolute Gasteiger partial charge is 0.280 e. The lowest BCUT2D eigenvalue weighted by Gasteiger charge is -2.44. The third-order valence-electron chi connectivity index (χ3n) is 12.1. The Hall–Kier alpha value is -5.53. The first-order valence-electron chi connectivity index (χ1n) is 19.5. The fourth-order valence-corrected chi connectivity index (χ4v) is 9.77. The molecule has 1 spiro atoms. The average molecular weight is 686 g/mol. The van der Waals surface area contributed by atoms with Crippen molar-refractivity contribution in [3.05, 3.63) is 219 Å². The molecule has 5 aromatic rings. The SMILES string of the molecule is Cc1ccccc1C1CC=CC2=C1CC(C)CC1=C(C=CCC1)C21c2ccccc2-c2cc(/C=C/C(=NCc3ccccc3)c3ccccc3)ccc21. The predicted molar refractivity (Wildman–Crippen MR) is 223 cm³/mol. The number of nitrogens with zero attached hydrogens (tertiary/aromatic N) is 1. The molecule has 260 valence electrons. The van der Waals surface area contributed by atoms with Crippen LogP contribution in [0.1, 0.15) is 83.9 Å². The lowest BCUT2D eigenvalue weighted by Crippen LogP contribution is -2.35. The first-order chi connectivity index (χ1) is 26.1. The predicted octanol–water partition coefficient (Wildman–Crippen LogP) is 13.1. The molecule has 0 radical (unpaired) electrons. The zero-order valence-corrected chi connectivity index (χ0v) is 30.9. The van der Waals surface area contributed by atoms with E-state index in [1.165, 1.54) is 55.7 Å². The van der Waals surface area contributed by atoms with Gasteiger partial charge in [0.05, 0.1) is 17.7 Å². The molecule has 0 aliphatic heterocycles. The molecule has 5 aromatic carbocycles. The van der Waals surface area contributed by atoms with Gasteiger partial charge in [-0.15, -0.1) is 0 Å². The summed E-state index contributed by atoms with van der Waals surface area (Å²) in [5.74, 6) is 0.980. The van der Waals surface area contributed by atoms with Gasteiger partial charge in [0.1, 0.15) is 0 Å². The van der Waals surface area contributed by atoms with E-state index in [9.17, 15) is 0 Å². The van der Waals surface area contributed by atoms with Gasteiger partial charge < -0.3 is 0 Å². The van der Waals surface area contributed by atoms with E-state index in [-0.39, 0.29) is 5.41 Å². The van der Waals surface area contributed by atoms with E-state index in [0.717, 1.165) is 43.4 Å². The molecule has 0 aromatic heterocycles. The molecule has 0 saturated carbocycles. The molecule has 0 heterocycles. The van der Waals surface area contributed by atoms with E-state index in [1.54, 1.807) is 11.1 Å². The minimum absolute atomic E-state index is 0.347. The van der Waals surface area contributed by atoms with E-state index in [1.807, 2.05) is 0 Å². The van der Waals surface area contributed by atoms with Crippen molar-refractivity contribution in [1.29, 1.82) is 0 Å². The number of rotatable bonds is 6. The number of hydrogen-bond acceptors (Lipinski definition) is 1. The summed E-state index contributed by atoms with van der Waals surface area (Å²) < 4.78 is 0. The van der Waals surface area contributed by atoms with Crippen LogP contribution >= 0.6 is 0 Å². The van der Waals surface area contributed by atoms with Crippen LogP contribution < -0.4 is 0 Å². The number of benzene rings is 5. The fraction of sp³-hybridized carbons (Fsp3) is 0.212. The van der Waals surface area contributed by atoms with Crippen LogP contribution in [0.25, 0.3) is 17.2 Å². The standard InChI is InChI=1S/C52H47N/c1-36-32-41-21-10-13-25-47(41)52(49-27-15-24-43(45(49)33-36)42-22-11-9-16-37(42)2)48-26-14-12-23-44(48)46-34-38(28-30-50(46)52)29-31-51(40-19-7-4-8-20-40)53-35-39-17-5-3-6-18-39/h3-9,11-20,22-23,25-31,34,36,43H,10,21,24,32-33,35H2,1-2H3/b31-29+,53-51?. The van der Waals surface area contributed by atoms with Crippen LogP contribution in [0.4, 0.5) is 0 Å². The summed E-state index contributed by atoms with van der Waals surface area (Å²) in [7, 11) is 0. The highest BCUT2D eigenvalue weighted by Gasteiger charge is 2.51. The lowest BCUT2D eigenvalue weighted by atomic mass is 9.58. The molecular weight excluding hydrogens is 639 g/mol. The molecule has 9 rings (SSSR count). The Kier molecular flexibility index (Phi) is 8.88. The van der Waals surface area contributed by atoms with Crippen molar-refractivity contribution in [2.24, 2.45) is 10.9 Å². The molecule has 3 atom stereocenters. The topological polar surface area (TPSA) is 12.4 Å². The number of fused-ring (bicyclic) bond motifs is 7. The minimum atomic E-state index is -0.347. The van der Waals surface area contributed by atoms with Gasteiger partial charge in [-0.2, -0.15) is 0 Å². The van der Waals surface area contributed by atoms with Gasteiger partial charge in [-0.3, -0.25) is 4.99 Å². The summed E-state index contributed by atoms with van der Waals surface area (Å²) in [6, 6.07) is 46.7. The third-order valence-corrected chi connectivity index (χ3v) is 12.1. The highest BCUT2D eigenvalue weighted by Crippen LogP contribution is 2.62. The molecule has 3 unspecified atom stereocenters. The van der Waals surface area contributed by atoms with Gasteiger partial charge in [-0.25, -0.2) is 0 Å². The number of aryl methyl sites for hydroxylation is 1. The van der Waals surface area contributed by atoms with E-state index < -0.39 is 0 Å². The summed E-state index contributed by atoms with van der Waals surface area (Å²) in [6.07, 6.45) is 20.1. The van der Waals surface area contributed by atoms with Gasteiger partial charge >= 0.3 is 0 Å². The molecule has 0 fully saturated rings. The Morgan fingerprint density at radius 1 is 0.736 bits per heavy atom. The maximum absolute atomic E-state index is 5.11. The number of hydrogen-bond donors (Lipinski definition) is 0. The maximum atomic E-state index is 5.11. The van der Waals surface area contributed by atoms with Crippen LogP contribution in [0.3, 0.4) is 0 Å². The number of aliphatic imine (C=N–C) groups is 1. The maximum Gasteiger partial charge on any atom is 0.0712 e. The second-order valence-corrected chi connectivity index (χ2v) is 15.4. The average Bonchev–Trinajstić information content (AvgIpc) is 3.49. The summed E-state index contributed by atoms with van der Waals surface area (Å²) in [5, 5.41) is 0. The monoisotopic (exact) mass is 685 g/mol. The van der Waals surface area contributed by atoms with Gasteiger partial charge in [0.15, 0.2) is 0 Å². The summed E-state index contributed by atoms with van der Waals surface area (Å²) >= 11 is 0. The Balaban J connectivity index is 1.22. The Labute approximate surface area is 315 Å². The molecule has 4 aliphatic carbocycles. The third kappa shape index (κ3) is 5.93. The van der Waals surface area contributed by atoms with E-state index in [2.05, 4.69) is 178 Å². The zero-order valence-electron chi connectivity index (χ0n) is 30.9. The van der Waals surface area contributed by atoms with Crippen molar-refractivity contribution in [2.75, 3.05) is 0 Å². The van der Waals surface area contributed by atoms with Crippen LogP contribution in [0.5, 0.6) is 0 Å². The van der Waals surface area contributed by atoms with Crippen molar-refractivity contribution in [3.8, 4) is 11.1 Å². The minimum Gasteiger partial charge on any atom is -0.280 e. The van der Waals surface area contributed by atoms with Gasteiger partial charge in [0.25, 0.3) is 0 Å².